The van der Waals surface area contributed by atoms with Crippen LogP contribution in [-0.2, 0) is 9.59 Å². The normalized spacial score (nSPS) is 25.5. The average Bonchev–Trinajstić information content (AvgIpc) is 2.29. The predicted octanol–water partition coefficient (Wildman–Crippen LogP) is 2.57. The van der Waals surface area contributed by atoms with Crippen molar-refractivity contribution in [3.63, 3.8) is 0 Å². The molecule has 1 saturated carbocycles. The third-order valence-corrected chi connectivity index (χ3v) is 2.92. The van der Waals surface area contributed by atoms with Gasteiger partial charge in [0.1, 0.15) is 17.5 Å². The molecule has 0 atom stereocenters. The zero-order valence-electron chi connectivity index (χ0n) is 9.80. The van der Waals surface area contributed by atoms with E-state index in [0.717, 1.165) is 5.69 Å². The standard InChI is InChI=1S/C14H15NO2/c1-10-7-13(16)12(14(17)8-10)9-15-11-5-3-2-4-6-11/h2-6,9-10,12H,7-8H2,1H3. The van der Waals surface area contributed by atoms with Gasteiger partial charge in [0.25, 0.3) is 0 Å². The summed E-state index contributed by atoms with van der Waals surface area (Å²) in [5.74, 6) is -0.468. The fourth-order valence-corrected chi connectivity index (χ4v) is 2.03. The Morgan fingerprint density at radius 3 is 2.29 bits per heavy atom. The van der Waals surface area contributed by atoms with Crippen LogP contribution in [0, 0.1) is 11.8 Å². The molecule has 0 saturated heterocycles. The number of para-hydroxylation sites is 1. The molecule has 88 valence electrons. The number of benzene rings is 1. The van der Waals surface area contributed by atoms with E-state index in [0.29, 0.717) is 12.8 Å². The van der Waals surface area contributed by atoms with E-state index in [1.165, 1.54) is 6.21 Å². The van der Waals surface area contributed by atoms with Crippen LogP contribution in [0.4, 0.5) is 5.69 Å². The number of carbonyl (C=O) groups excluding carboxylic acids is 2. The Bertz CT molecular complexity index is 433. The van der Waals surface area contributed by atoms with E-state index in [1.807, 2.05) is 37.3 Å². The largest absolute Gasteiger partial charge is 0.298 e. The molecule has 1 aliphatic carbocycles. The van der Waals surface area contributed by atoms with E-state index in [9.17, 15) is 9.59 Å². The molecule has 0 amide bonds. The molecule has 0 heterocycles. The first-order valence-corrected chi connectivity index (χ1v) is 5.81. The van der Waals surface area contributed by atoms with Gasteiger partial charge in [0.2, 0.25) is 0 Å². The number of nitrogens with zero attached hydrogens (tertiary/aromatic N) is 1. The van der Waals surface area contributed by atoms with E-state index in [2.05, 4.69) is 4.99 Å². The third-order valence-electron chi connectivity index (χ3n) is 2.92. The van der Waals surface area contributed by atoms with Gasteiger partial charge in [-0.25, -0.2) is 0 Å². The molecule has 17 heavy (non-hydrogen) atoms. The van der Waals surface area contributed by atoms with Gasteiger partial charge in [-0.15, -0.1) is 0 Å². The summed E-state index contributed by atoms with van der Waals surface area (Å²) in [5.41, 5.74) is 0.770. The maximum absolute atomic E-state index is 11.7. The second-order valence-corrected chi connectivity index (χ2v) is 4.54. The highest BCUT2D eigenvalue weighted by atomic mass is 16.2. The number of Topliss-reactive ketones (excluding diaryl/α,β-unsaturated/α-hetero) is 2. The highest BCUT2D eigenvalue weighted by Gasteiger charge is 2.32. The predicted molar refractivity (Wildman–Crippen MR) is 66.5 cm³/mol. The molecule has 1 aliphatic rings. The monoisotopic (exact) mass is 229 g/mol. The zero-order chi connectivity index (χ0) is 12.3. The first-order valence-electron chi connectivity index (χ1n) is 5.81. The van der Waals surface area contributed by atoms with Gasteiger partial charge < -0.3 is 0 Å². The van der Waals surface area contributed by atoms with Gasteiger partial charge in [-0.3, -0.25) is 14.6 Å². The Labute approximate surface area is 101 Å². The molecular weight excluding hydrogens is 214 g/mol. The molecule has 1 fully saturated rings. The van der Waals surface area contributed by atoms with E-state index in [1.54, 1.807) is 0 Å². The lowest BCUT2D eigenvalue weighted by molar-refractivity contribution is -0.133. The molecule has 3 nitrogen and oxygen atoms in total. The summed E-state index contributed by atoms with van der Waals surface area (Å²) in [6, 6.07) is 9.34. The van der Waals surface area contributed by atoms with Crippen molar-refractivity contribution in [1.82, 2.24) is 0 Å². The topological polar surface area (TPSA) is 46.5 Å². The molecule has 1 aromatic rings. The van der Waals surface area contributed by atoms with Gasteiger partial charge in [0.15, 0.2) is 0 Å². The van der Waals surface area contributed by atoms with Crippen molar-refractivity contribution in [2.24, 2.45) is 16.8 Å². The van der Waals surface area contributed by atoms with Gasteiger partial charge in [-0.05, 0) is 18.1 Å². The number of aliphatic imine (C=N–C) groups is 1. The van der Waals surface area contributed by atoms with Crippen molar-refractivity contribution in [2.45, 2.75) is 19.8 Å². The summed E-state index contributed by atoms with van der Waals surface area (Å²) in [6.45, 7) is 1.93. The number of ketones is 2. The maximum atomic E-state index is 11.7. The lowest BCUT2D eigenvalue weighted by Gasteiger charge is -2.20. The van der Waals surface area contributed by atoms with Gasteiger partial charge in [0, 0.05) is 19.1 Å². The molecule has 3 heteroatoms. The summed E-state index contributed by atoms with van der Waals surface area (Å²) in [5, 5.41) is 0. The number of hydrogen-bond donors (Lipinski definition) is 0. The minimum Gasteiger partial charge on any atom is -0.298 e. The summed E-state index contributed by atoms with van der Waals surface area (Å²) in [7, 11) is 0. The Hall–Kier alpha value is -1.77. The fraction of sp³-hybridized carbons (Fsp3) is 0.357. The number of rotatable bonds is 2. The van der Waals surface area contributed by atoms with Crippen molar-refractivity contribution >= 4 is 23.5 Å². The maximum Gasteiger partial charge on any atom is 0.148 e. The van der Waals surface area contributed by atoms with Crippen LogP contribution in [0.2, 0.25) is 0 Å². The fourth-order valence-electron chi connectivity index (χ4n) is 2.03. The Kier molecular flexibility index (Phi) is 3.47. The molecule has 0 aliphatic heterocycles. The quantitative estimate of drug-likeness (QED) is 0.578. The minimum atomic E-state index is -0.633. The third kappa shape index (κ3) is 2.87. The van der Waals surface area contributed by atoms with Crippen LogP contribution in [-0.4, -0.2) is 17.8 Å². The minimum absolute atomic E-state index is 0.00608. The van der Waals surface area contributed by atoms with Crippen LogP contribution in [0.5, 0.6) is 0 Å². The van der Waals surface area contributed by atoms with Crippen molar-refractivity contribution < 1.29 is 9.59 Å². The highest BCUT2D eigenvalue weighted by Crippen LogP contribution is 2.22. The van der Waals surface area contributed by atoms with Crippen molar-refractivity contribution in [2.75, 3.05) is 0 Å². The molecule has 2 rings (SSSR count). The Morgan fingerprint density at radius 2 is 1.71 bits per heavy atom. The molecule has 0 unspecified atom stereocenters. The summed E-state index contributed by atoms with van der Waals surface area (Å²) < 4.78 is 0. The Morgan fingerprint density at radius 1 is 1.12 bits per heavy atom. The van der Waals surface area contributed by atoms with Crippen LogP contribution in [0.15, 0.2) is 35.3 Å². The Balaban J connectivity index is 2.10. The first-order chi connectivity index (χ1) is 8.16. The van der Waals surface area contributed by atoms with Crippen LogP contribution >= 0.6 is 0 Å². The van der Waals surface area contributed by atoms with Crippen LogP contribution in [0.1, 0.15) is 19.8 Å². The number of hydrogen-bond acceptors (Lipinski definition) is 3. The van der Waals surface area contributed by atoms with E-state index >= 15 is 0 Å². The highest BCUT2D eigenvalue weighted by molar-refractivity contribution is 6.16. The smallest absolute Gasteiger partial charge is 0.148 e. The van der Waals surface area contributed by atoms with Crippen molar-refractivity contribution in [3.8, 4) is 0 Å². The summed E-state index contributed by atoms with van der Waals surface area (Å²) in [6.07, 6.45) is 2.46. The van der Waals surface area contributed by atoms with Crippen LogP contribution < -0.4 is 0 Å². The lowest BCUT2D eigenvalue weighted by Crippen LogP contribution is -2.33. The SMILES string of the molecule is CC1CC(=O)C(C=Nc2ccccc2)C(=O)C1. The zero-order valence-corrected chi connectivity index (χ0v) is 9.80. The van der Waals surface area contributed by atoms with Crippen LogP contribution in [0.25, 0.3) is 0 Å². The van der Waals surface area contributed by atoms with Gasteiger partial charge >= 0.3 is 0 Å². The number of carbonyl (C=O) groups is 2. The lowest BCUT2D eigenvalue weighted by atomic mass is 9.81. The summed E-state index contributed by atoms with van der Waals surface area (Å²) in [4.78, 5) is 27.6. The van der Waals surface area contributed by atoms with Gasteiger partial charge in [0.05, 0.1) is 5.69 Å². The average molecular weight is 229 g/mol. The molecule has 0 radical (unpaired) electrons. The second-order valence-electron chi connectivity index (χ2n) is 4.54. The molecule has 0 bridgehead atoms. The first kappa shape index (κ1) is 11.7. The van der Waals surface area contributed by atoms with Gasteiger partial charge in [-0.1, -0.05) is 25.1 Å². The van der Waals surface area contributed by atoms with Crippen LogP contribution in [0.3, 0.4) is 0 Å². The van der Waals surface area contributed by atoms with E-state index in [4.69, 9.17) is 0 Å². The molecular formula is C14H15NO2. The molecule has 0 spiro atoms. The van der Waals surface area contributed by atoms with E-state index in [-0.39, 0.29) is 17.5 Å². The van der Waals surface area contributed by atoms with E-state index < -0.39 is 5.92 Å². The van der Waals surface area contributed by atoms with Gasteiger partial charge in [-0.2, -0.15) is 0 Å². The summed E-state index contributed by atoms with van der Waals surface area (Å²) >= 11 is 0. The second kappa shape index (κ2) is 5.04. The van der Waals surface area contributed by atoms with Crippen molar-refractivity contribution in [3.05, 3.63) is 30.3 Å². The van der Waals surface area contributed by atoms with Crippen molar-refractivity contribution in [1.29, 1.82) is 0 Å². The molecule has 0 N–H and O–H groups in total. The molecule has 1 aromatic carbocycles. The molecule has 0 aromatic heterocycles.